The van der Waals surface area contributed by atoms with Gasteiger partial charge < -0.3 is 4.74 Å². The van der Waals surface area contributed by atoms with Crippen molar-refractivity contribution in [3.05, 3.63) is 35.4 Å². The summed E-state index contributed by atoms with van der Waals surface area (Å²) in [5.41, 5.74) is 2.68. The Morgan fingerprint density at radius 3 is 2.45 bits per heavy atom. The number of ether oxygens (including phenoxy) is 1. The molecule has 0 amide bonds. The van der Waals surface area contributed by atoms with Gasteiger partial charge in [0.2, 0.25) is 0 Å². The van der Waals surface area contributed by atoms with E-state index in [1.807, 2.05) is 0 Å². The van der Waals surface area contributed by atoms with E-state index in [1.165, 1.54) is 56.6 Å². The molecular weight excluding hydrogens is 248 g/mol. The Labute approximate surface area is 122 Å². The summed E-state index contributed by atoms with van der Waals surface area (Å²) in [6, 6.07) is 9.68. The monoisotopic (exact) mass is 274 g/mol. The number of methoxy groups -OCH3 is 1. The van der Waals surface area contributed by atoms with Crippen molar-refractivity contribution >= 4 is 0 Å². The zero-order valence-corrected chi connectivity index (χ0v) is 12.6. The fourth-order valence-corrected chi connectivity index (χ4v) is 3.53. The van der Waals surface area contributed by atoms with Crippen LogP contribution in [0.15, 0.2) is 24.3 Å². The number of hydrogen-bond donors (Lipinski definition) is 0. The fourth-order valence-electron chi connectivity index (χ4n) is 3.53. The van der Waals surface area contributed by atoms with Gasteiger partial charge in [-0.3, -0.25) is 9.80 Å². The standard InChI is InChI=1S/C17H26N2O/c1-20-14-16-6-4-15(5-7-16)12-18-11-8-17(13-18)19-9-2-3-10-19/h4-7,17H,2-3,8-14H2,1H3. The normalized spacial score (nSPS) is 24.6. The molecule has 1 unspecified atom stereocenters. The van der Waals surface area contributed by atoms with Gasteiger partial charge in [-0.1, -0.05) is 24.3 Å². The van der Waals surface area contributed by atoms with E-state index in [9.17, 15) is 0 Å². The van der Waals surface area contributed by atoms with Crippen molar-refractivity contribution in [3.63, 3.8) is 0 Å². The van der Waals surface area contributed by atoms with Crippen molar-refractivity contribution in [3.8, 4) is 0 Å². The Kier molecular flexibility index (Phi) is 4.71. The van der Waals surface area contributed by atoms with Crippen LogP contribution < -0.4 is 0 Å². The lowest BCUT2D eigenvalue weighted by atomic mass is 10.1. The average Bonchev–Trinajstić information content (AvgIpc) is 3.12. The summed E-state index contributed by atoms with van der Waals surface area (Å²) in [7, 11) is 1.75. The van der Waals surface area contributed by atoms with Crippen LogP contribution in [0.2, 0.25) is 0 Å². The first-order chi connectivity index (χ1) is 9.85. The predicted octanol–water partition coefficient (Wildman–Crippen LogP) is 2.50. The van der Waals surface area contributed by atoms with Crippen LogP contribution in [-0.4, -0.2) is 49.1 Å². The number of likely N-dealkylation sites (tertiary alicyclic amines) is 2. The van der Waals surface area contributed by atoms with E-state index < -0.39 is 0 Å². The van der Waals surface area contributed by atoms with E-state index in [1.54, 1.807) is 7.11 Å². The molecule has 3 nitrogen and oxygen atoms in total. The van der Waals surface area contributed by atoms with E-state index in [0.717, 1.165) is 12.6 Å². The third kappa shape index (κ3) is 3.40. The summed E-state index contributed by atoms with van der Waals surface area (Å²) in [5.74, 6) is 0. The summed E-state index contributed by atoms with van der Waals surface area (Å²) in [6.45, 7) is 6.95. The first-order valence-electron chi connectivity index (χ1n) is 7.88. The largest absolute Gasteiger partial charge is 0.380 e. The smallest absolute Gasteiger partial charge is 0.0713 e. The molecule has 0 radical (unpaired) electrons. The molecule has 2 fully saturated rings. The maximum absolute atomic E-state index is 5.16. The second-order valence-electron chi connectivity index (χ2n) is 6.17. The highest BCUT2D eigenvalue weighted by Gasteiger charge is 2.28. The fraction of sp³-hybridized carbons (Fsp3) is 0.647. The molecule has 20 heavy (non-hydrogen) atoms. The Morgan fingerprint density at radius 2 is 1.75 bits per heavy atom. The molecule has 1 aromatic carbocycles. The van der Waals surface area contributed by atoms with Crippen molar-refractivity contribution < 1.29 is 4.74 Å². The van der Waals surface area contributed by atoms with Gasteiger partial charge in [-0.2, -0.15) is 0 Å². The highest BCUT2D eigenvalue weighted by Crippen LogP contribution is 2.21. The molecule has 0 aliphatic carbocycles. The second kappa shape index (κ2) is 6.70. The minimum atomic E-state index is 0.709. The van der Waals surface area contributed by atoms with Crippen LogP contribution in [0.5, 0.6) is 0 Å². The zero-order chi connectivity index (χ0) is 13.8. The van der Waals surface area contributed by atoms with Crippen LogP contribution in [0.1, 0.15) is 30.4 Å². The van der Waals surface area contributed by atoms with Crippen molar-refractivity contribution in [1.29, 1.82) is 0 Å². The number of hydrogen-bond acceptors (Lipinski definition) is 3. The van der Waals surface area contributed by atoms with Crippen LogP contribution in [0, 0.1) is 0 Å². The van der Waals surface area contributed by atoms with Gasteiger partial charge in [0.25, 0.3) is 0 Å². The van der Waals surface area contributed by atoms with Crippen LogP contribution in [0.25, 0.3) is 0 Å². The Hall–Kier alpha value is -0.900. The Bertz CT molecular complexity index is 412. The predicted molar refractivity (Wildman–Crippen MR) is 81.6 cm³/mol. The van der Waals surface area contributed by atoms with Gasteiger partial charge >= 0.3 is 0 Å². The molecule has 2 saturated heterocycles. The molecule has 0 bridgehead atoms. The number of nitrogens with zero attached hydrogens (tertiary/aromatic N) is 2. The Balaban J connectivity index is 1.50. The highest BCUT2D eigenvalue weighted by molar-refractivity contribution is 5.22. The first kappa shape index (κ1) is 14.1. The molecule has 2 aliphatic heterocycles. The number of rotatable bonds is 5. The highest BCUT2D eigenvalue weighted by atomic mass is 16.5. The summed E-state index contributed by atoms with van der Waals surface area (Å²) < 4.78 is 5.16. The maximum atomic E-state index is 5.16. The summed E-state index contributed by atoms with van der Waals surface area (Å²) >= 11 is 0. The second-order valence-corrected chi connectivity index (χ2v) is 6.17. The van der Waals surface area contributed by atoms with Gasteiger partial charge in [0, 0.05) is 32.8 Å². The SMILES string of the molecule is COCc1ccc(CN2CCC(N3CCCC3)C2)cc1. The lowest BCUT2D eigenvalue weighted by Crippen LogP contribution is -2.35. The van der Waals surface area contributed by atoms with Crippen molar-refractivity contribution in [2.75, 3.05) is 33.3 Å². The van der Waals surface area contributed by atoms with Crippen molar-refractivity contribution in [2.45, 2.75) is 38.5 Å². The van der Waals surface area contributed by atoms with Crippen LogP contribution >= 0.6 is 0 Å². The van der Waals surface area contributed by atoms with Crippen LogP contribution in [0.4, 0.5) is 0 Å². The average molecular weight is 274 g/mol. The van der Waals surface area contributed by atoms with E-state index in [4.69, 9.17) is 4.74 Å². The minimum absolute atomic E-state index is 0.709. The van der Waals surface area contributed by atoms with E-state index in [2.05, 4.69) is 34.1 Å². The lowest BCUT2D eigenvalue weighted by molar-refractivity contribution is 0.185. The molecule has 110 valence electrons. The molecule has 2 heterocycles. The number of benzene rings is 1. The molecule has 0 aromatic heterocycles. The quantitative estimate of drug-likeness (QED) is 0.820. The molecule has 2 aliphatic rings. The van der Waals surface area contributed by atoms with Crippen LogP contribution in [-0.2, 0) is 17.9 Å². The molecule has 0 N–H and O–H groups in total. The summed E-state index contributed by atoms with van der Waals surface area (Å²) in [5, 5.41) is 0. The Morgan fingerprint density at radius 1 is 1.05 bits per heavy atom. The maximum Gasteiger partial charge on any atom is 0.0713 e. The van der Waals surface area contributed by atoms with Crippen molar-refractivity contribution in [1.82, 2.24) is 9.80 Å². The molecule has 3 rings (SSSR count). The molecule has 1 aromatic rings. The van der Waals surface area contributed by atoms with E-state index in [-0.39, 0.29) is 0 Å². The third-order valence-electron chi connectivity index (χ3n) is 4.64. The van der Waals surface area contributed by atoms with Crippen LogP contribution in [0.3, 0.4) is 0 Å². The molecule has 3 heteroatoms. The summed E-state index contributed by atoms with van der Waals surface area (Å²) in [6.07, 6.45) is 4.15. The molecule has 1 atom stereocenters. The third-order valence-corrected chi connectivity index (χ3v) is 4.64. The molecule has 0 saturated carbocycles. The van der Waals surface area contributed by atoms with E-state index >= 15 is 0 Å². The van der Waals surface area contributed by atoms with Gasteiger partial charge in [0.1, 0.15) is 0 Å². The minimum Gasteiger partial charge on any atom is -0.380 e. The molecular formula is C17H26N2O. The first-order valence-corrected chi connectivity index (χ1v) is 7.88. The lowest BCUT2D eigenvalue weighted by Gasteiger charge is -2.23. The van der Waals surface area contributed by atoms with Crippen molar-refractivity contribution in [2.24, 2.45) is 0 Å². The zero-order valence-electron chi connectivity index (χ0n) is 12.6. The topological polar surface area (TPSA) is 15.7 Å². The van der Waals surface area contributed by atoms with Gasteiger partial charge in [0.15, 0.2) is 0 Å². The van der Waals surface area contributed by atoms with Gasteiger partial charge in [0.05, 0.1) is 6.61 Å². The summed E-state index contributed by atoms with van der Waals surface area (Å²) in [4.78, 5) is 5.30. The molecule has 0 spiro atoms. The van der Waals surface area contributed by atoms with Gasteiger partial charge in [-0.05, 0) is 43.5 Å². The van der Waals surface area contributed by atoms with E-state index in [0.29, 0.717) is 6.61 Å². The van der Waals surface area contributed by atoms with Gasteiger partial charge in [-0.15, -0.1) is 0 Å². The van der Waals surface area contributed by atoms with Gasteiger partial charge in [-0.25, -0.2) is 0 Å².